The highest BCUT2D eigenvalue weighted by Crippen LogP contribution is 2.29. The van der Waals surface area contributed by atoms with Gasteiger partial charge in [-0.3, -0.25) is 0 Å². The van der Waals surface area contributed by atoms with E-state index in [2.05, 4.69) is 10.2 Å². The van der Waals surface area contributed by atoms with E-state index >= 15 is 0 Å². The van der Waals surface area contributed by atoms with Crippen LogP contribution in [0.4, 0.5) is 0 Å². The van der Waals surface area contributed by atoms with Crippen LogP contribution in [0, 0.1) is 0 Å². The highest BCUT2D eigenvalue weighted by molar-refractivity contribution is 7.99. The zero-order chi connectivity index (χ0) is 17.2. The minimum absolute atomic E-state index is 0.656. The molecule has 1 aromatic heterocycles. The first-order valence-electron chi connectivity index (χ1n) is 7.90. The van der Waals surface area contributed by atoms with Gasteiger partial charge in [0.25, 0.3) is 0 Å². The fraction of sp³-hybridized carbons (Fsp3) is 0.167. The first-order valence-corrected chi connectivity index (χ1v) is 9.26. The molecule has 0 saturated heterocycles. The Morgan fingerprint density at radius 2 is 1.96 bits per heavy atom. The Bertz CT molecular complexity index is 937. The molecule has 1 aliphatic heterocycles. The van der Waals surface area contributed by atoms with Gasteiger partial charge in [0.15, 0.2) is 5.82 Å². The molecule has 3 aromatic rings. The normalized spacial score (nSPS) is 13.3. The van der Waals surface area contributed by atoms with E-state index in [1.807, 2.05) is 55.5 Å². The Kier molecular flexibility index (Phi) is 4.46. The second-order valence-corrected chi connectivity index (χ2v) is 6.80. The maximum Gasteiger partial charge on any atom is 0.212 e. The van der Waals surface area contributed by atoms with E-state index in [9.17, 15) is 0 Å². The van der Waals surface area contributed by atoms with E-state index in [0.717, 1.165) is 33.5 Å². The van der Waals surface area contributed by atoms with Crippen molar-refractivity contribution in [1.29, 1.82) is 0 Å². The number of hydrogen-bond acceptors (Lipinski definition) is 5. The smallest absolute Gasteiger partial charge is 0.212 e. The Balaban J connectivity index is 1.71. The lowest BCUT2D eigenvalue weighted by Gasteiger charge is -2.14. The van der Waals surface area contributed by atoms with Gasteiger partial charge in [0, 0.05) is 16.3 Å². The van der Waals surface area contributed by atoms with E-state index in [1.165, 1.54) is 0 Å². The molecule has 0 saturated carbocycles. The summed E-state index contributed by atoms with van der Waals surface area (Å²) in [7, 11) is 0. The van der Waals surface area contributed by atoms with Gasteiger partial charge in [-0.25, -0.2) is 0 Å². The zero-order valence-electron chi connectivity index (χ0n) is 13.5. The summed E-state index contributed by atoms with van der Waals surface area (Å²) in [6.07, 6.45) is 0. The highest BCUT2D eigenvalue weighted by atomic mass is 35.5. The number of fused-ring (bicyclic) bond motifs is 1. The average molecular weight is 371 g/mol. The summed E-state index contributed by atoms with van der Waals surface area (Å²) < 4.78 is 7.28. The van der Waals surface area contributed by atoms with E-state index < -0.39 is 0 Å². The van der Waals surface area contributed by atoms with Gasteiger partial charge in [0.1, 0.15) is 5.75 Å². The molecule has 0 unspecified atom stereocenters. The third kappa shape index (κ3) is 3.27. The molecule has 0 fully saturated rings. The molecular formula is C18H15ClN4OS. The summed E-state index contributed by atoms with van der Waals surface area (Å²) in [5.41, 5.74) is 2.93. The Morgan fingerprint density at radius 1 is 1.12 bits per heavy atom. The van der Waals surface area contributed by atoms with Crippen LogP contribution in [0.25, 0.3) is 11.4 Å². The topological polar surface area (TPSA) is 52.3 Å². The van der Waals surface area contributed by atoms with Crippen molar-refractivity contribution in [3.63, 3.8) is 0 Å². The SMILES string of the molecule is CCOc1ccc(C2=Nn3c(nnc3-c3cccc(Cl)c3)SC2)cc1. The van der Waals surface area contributed by atoms with Gasteiger partial charge < -0.3 is 4.74 Å². The number of thioether (sulfide) groups is 1. The lowest BCUT2D eigenvalue weighted by Crippen LogP contribution is -2.13. The number of halogens is 1. The molecule has 2 heterocycles. The van der Waals surface area contributed by atoms with Crippen LogP contribution in [0.15, 0.2) is 58.8 Å². The lowest BCUT2D eigenvalue weighted by atomic mass is 10.1. The van der Waals surface area contributed by atoms with Crippen molar-refractivity contribution in [2.75, 3.05) is 12.4 Å². The summed E-state index contributed by atoms with van der Waals surface area (Å²) in [5.74, 6) is 2.30. The molecular weight excluding hydrogens is 356 g/mol. The fourth-order valence-corrected chi connectivity index (χ4v) is 3.62. The second kappa shape index (κ2) is 6.90. The number of benzene rings is 2. The van der Waals surface area contributed by atoms with E-state index in [0.29, 0.717) is 17.5 Å². The second-order valence-electron chi connectivity index (χ2n) is 5.42. The first-order chi connectivity index (χ1) is 12.2. The third-order valence-electron chi connectivity index (χ3n) is 3.75. The molecule has 126 valence electrons. The molecule has 2 aromatic carbocycles. The third-order valence-corrected chi connectivity index (χ3v) is 4.92. The molecule has 0 atom stereocenters. The zero-order valence-corrected chi connectivity index (χ0v) is 15.1. The quantitative estimate of drug-likeness (QED) is 0.684. The lowest BCUT2D eigenvalue weighted by molar-refractivity contribution is 0.340. The Morgan fingerprint density at radius 3 is 2.72 bits per heavy atom. The van der Waals surface area contributed by atoms with Crippen LogP contribution >= 0.6 is 23.4 Å². The predicted molar refractivity (Wildman–Crippen MR) is 101 cm³/mol. The highest BCUT2D eigenvalue weighted by Gasteiger charge is 2.20. The standard InChI is InChI=1S/C18H15ClN4OS/c1-2-24-15-8-6-12(7-9-15)16-11-25-18-21-20-17(23(18)22-16)13-4-3-5-14(19)10-13/h3-10H,2,11H2,1H3. The molecule has 1 aliphatic rings. The van der Waals surface area contributed by atoms with Crippen molar-refractivity contribution < 1.29 is 4.74 Å². The molecule has 0 spiro atoms. The van der Waals surface area contributed by atoms with Crippen molar-refractivity contribution in [2.45, 2.75) is 12.1 Å². The molecule has 0 bridgehead atoms. The molecule has 0 amide bonds. The summed E-state index contributed by atoms with van der Waals surface area (Å²) in [6.45, 7) is 2.63. The van der Waals surface area contributed by atoms with Crippen LogP contribution in [0.5, 0.6) is 5.75 Å². The minimum Gasteiger partial charge on any atom is -0.494 e. The fourth-order valence-electron chi connectivity index (χ4n) is 2.59. The van der Waals surface area contributed by atoms with E-state index in [-0.39, 0.29) is 0 Å². The van der Waals surface area contributed by atoms with Gasteiger partial charge in [-0.2, -0.15) is 9.78 Å². The van der Waals surface area contributed by atoms with Gasteiger partial charge in [0.05, 0.1) is 12.3 Å². The number of nitrogens with zero attached hydrogens (tertiary/aromatic N) is 4. The van der Waals surface area contributed by atoms with Crippen LogP contribution in [-0.2, 0) is 0 Å². The van der Waals surface area contributed by atoms with Crippen molar-refractivity contribution in [3.8, 4) is 17.1 Å². The van der Waals surface area contributed by atoms with Gasteiger partial charge in [-0.15, -0.1) is 10.2 Å². The van der Waals surface area contributed by atoms with E-state index in [1.54, 1.807) is 16.4 Å². The molecule has 4 rings (SSSR count). The van der Waals surface area contributed by atoms with Crippen molar-refractivity contribution in [1.82, 2.24) is 14.9 Å². The Labute approximate surface area is 154 Å². The first kappa shape index (κ1) is 16.2. The largest absolute Gasteiger partial charge is 0.494 e. The van der Waals surface area contributed by atoms with Crippen molar-refractivity contribution in [3.05, 3.63) is 59.1 Å². The summed E-state index contributed by atoms with van der Waals surface area (Å²) >= 11 is 7.72. The maximum absolute atomic E-state index is 6.10. The van der Waals surface area contributed by atoms with Gasteiger partial charge in [-0.05, 0) is 48.9 Å². The van der Waals surface area contributed by atoms with Crippen molar-refractivity contribution >= 4 is 29.1 Å². The molecule has 0 aliphatic carbocycles. The molecule has 0 radical (unpaired) electrons. The predicted octanol–water partition coefficient (Wildman–Crippen LogP) is 4.36. The van der Waals surface area contributed by atoms with Gasteiger partial charge >= 0.3 is 0 Å². The summed E-state index contributed by atoms with van der Waals surface area (Å²) in [5, 5.41) is 14.7. The molecule has 5 nitrogen and oxygen atoms in total. The summed E-state index contributed by atoms with van der Waals surface area (Å²) in [4.78, 5) is 0. The molecule has 25 heavy (non-hydrogen) atoms. The van der Waals surface area contributed by atoms with Crippen LogP contribution in [0.1, 0.15) is 12.5 Å². The summed E-state index contributed by atoms with van der Waals surface area (Å²) in [6, 6.07) is 15.5. The van der Waals surface area contributed by atoms with Crippen LogP contribution in [0.3, 0.4) is 0 Å². The van der Waals surface area contributed by atoms with Crippen molar-refractivity contribution in [2.24, 2.45) is 5.10 Å². The number of aromatic nitrogens is 3. The van der Waals surface area contributed by atoms with Crippen LogP contribution < -0.4 is 4.74 Å². The monoisotopic (exact) mass is 370 g/mol. The minimum atomic E-state index is 0.656. The molecule has 7 heteroatoms. The number of hydrogen-bond donors (Lipinski definition) is 0. The maximum atomic E-state index is 6.10. The van der Waals surface area contributed by atoms with Crippen LogP contribution in [0.2, 0.25) is 5.02 Å². The van der Waals surface area contributed by atoms with Gasteiger partial charge in [-0.1, -0.05) is 35.5 Å². The van der Waals surface area contributed by atoms with Gasteiger partial charge in [0.2, 0.25) is 5.16 Å². The Hall–Kier alpha value is -2.31. The number of rotatable bonds is 4. The number of ether oxygens (including phenoxy) is 1. The van der Waals surface area contributed by atoms with Crippen LogP contribution in [-0.4, -0.2) is 32.9 Å². The van der Waals surface area contributed by atoms with E-state index in [4.69, 9.17) is 21.4 Å². The molecule has 0 N–H and O–H groups in total. The average Bonchev–Trinajstić information content (AvgIpc) is 3.06.